The van der Waals surface area contributed by atoms with Crippen molar-refractivity contribution in [2.45, 2.75) is 38.9 Å². The molecule has 0 atom stereocenters. The van der Waals surface area contributed by atoms with Crippen molar-refractivity contribution in [1.29, 1.82) is 0 Å². The van der Waals surface area contributed by atoms with E-state index in [0.29, 0.717) is 17.1 Å². The number of aliphatic hydroxyl groups is 1. The molecule has 5 heteroatoms. The van der Waals surface area contributed by atoms with Crippen molar-refractivity contribution in [3.63, 3.8) is 0 Å². The summed E-state index contributed by atoms with van der Waals surface area (Å²) in [5, 5.41) is 11.7. The molecule has 0 saturated carbocycles. The van der Waals surface area contributed by atoms with E-state index in [2.05, 4.69) is 5.32 Å². The molecule has 0 fully saturated rings. The maximum absolute atomic E-state index is 11.6. The minimum atomic E-state index is -0.548. The highest BCUT2D eigenvalue weighted by Crippen LogP contribution is 2.18. The van der Waals surface area contributed by atoms with Gasteiger partial charge in [-0.05, 0) is 44.0 Å². The maximum atomic E-state index is 11.6. The van der Waals surface area contributed by atoms with Crippen LogP contribution in [0, 0.1) is 0 Å². The summed E-state index contributed by atoms with van der Waals surface area (Å²) in [7, 11) is 0. The van der Waals surface area contributed by atoms with Crippen molar-refractivity contribution in [1.82, 2.24) is 0 Å². The number of aliphatic hydroxyl groups excluding tert-OH is 1. The predicted molar refractivity (Wildman–Crippen MR) is 71.8 cm³/mol. The quantitative estimate of drug-likeness (QED) is 0.830. The van der Waals surface area contributed by atoms with Crippen LogP contribution in [0.25, 0.3) is 0 Å². The monoisotopic (exact) mass is 271 g/mol. The van der Waals surface area contributed by atoms with E-state index in [4.69, 9.17) is 21.4 Å². The number of alkyl halides is 1. The molecule has 0 radical (unpaired) electrons. The number of amides is 1. The molecule has 100 valence electrons. The van der Waals surface area contributed by atoms with E-state index < -0.39 is 11.7 Å². The Bertz CT molecular complexity index is 404. The molecule has 1 rings (SSSR count). The Hall–Kier alpha value is -1.26. The standard InChI is InChI=1S/C13H18ClNO3/c1-13(2,3)18-12(17)15-11-5-9(7-14)4-10(6-11)8-16/h4-6,16H,7-8H2,1-3H3,(H,15,17). The zero-order valence-corrected chi connectivity index (χ0v) is 11.5. The normalized spacial score (nSPS) is 11.2. The Morgan fingerprint density at radius 3 is 2.44 bits per heavy atom. The minimum absolute atomic E-state index is 0.103. The highest BCUT2D eigenvalue weighted by molar-refractivity contribution is 6.17. The largest absolute Gasteiger partial charge is 0.444 e. The lowest BCUT2D eigenvalue weighted by molar-refractivity contribution is 0.0636. The molecule has 0 bridgehead atoms. The Morgan fingerprint density at radius 1 is 1.33 bits per heavy atom. The molecule has 1 aromatic rings. The van der Waals surface area contributed by atoms with Gasteiger partial charge in [0.1, 0.15) is 5.60 Å². The van der Waals surface area contributed by atoms with Crippen LogP contribution < -0.4 is 5.32 Å². The number of nitrogens with one attached hydrogen (secondary N) is 1. The van der Waals surface area contributed by atoms with Crippen LogP contribution in [0.5, 0.6) is 0 Å². The molecule has 0 aliphatic rings. The molecule has 0 aliphatic heterocycles. The molecule has 0 saturated heterocycles. The van der Waals surface area contributed by atoms with E-state index >= 15 is 0 Å². The van der Waals surface area contributed by atoms with Gasteiger partial charge in [-0.25, -0.2) is 4.79 Å². The lowest BCUT2D eigenvalue weighted by Crippen LogP contribution is -2.27. The van der Waals surface area contributed by atoms with E-state index in [1.54, 1.807) is 39.0 Å². The molecule has 0 heterocycles. The SMILES string of the molecule is CC(C)(C)OC(=O)Nc1cc(CO)cc(CCl)c1. The second-order valence-corrected chi connectivity index (χ2v) is 5.22. The second kappa shape index (κ2) is 6.07. The second-order valence-electron chi connectivity index (χ2n) is 4.96. The Labute approximate surface area is 112 Å². The van der Waals surface area contributed by atoms with Gasteiger partial charge in [0.2, 0.25) is 0 Å². The van der Waals surface area contributed by atoms with Crippen molar-refractivity contribution in [2.24, 2.45) is 0 Å². The summed E-state index contributed by atoms with van der Waals surface area (Å²) in [6.45, 7) is 5.27. The maximum Gasteiger partial charge on any atom is 0.412 e. The van der Waals surface area contributed by atoms with Crippen LogP contribution in [0.4, 0.5) is 10.5 Å². The van der Waals surface area contributed by atoms with Gasteiger partial charge in [-0.1, -0.05) is 6.07 Å². The minimum Gasteiger partial charge on any atom is -0.444 e. The fourth-order valence-corrected chi connectivity index (χ4v) is 1.58. The van der Waals surface area contributed by atoms with E-state index in [0.717, 1.165) is 5.56 Å². The van der Waals surface area contributed by atoms with Gasteiger partial charge < -0.3 is 9.84 Å². The van der Waals surface area contributed by atoms with Crippen molar-refractivity contribution in [3.8, 4) is 0 Å². The number of rotatable bonds is 3. The average Bonchev–Trinajstić information content (AvgIpc) is 2.25. The van der Waals surface area contributed by atoms with Gasteiger partial charge in [0.05, 0.1) is 6.61 Å². The predicted octanol–water partition coefficient (Wildman–Crippen LogP) is 3.26. The smallest absolute Gasteiger partial charge is 0.412 e. The Kier molecular flexibility index (Phi) is 4.99. The average molecular weight is 272 g/mol. The summed E-state index contributed by atoms with van der Waals surface area (Å²) >= 11 is 5.75. The summed E-state index contributed by atoms with van der Waals surface area (Å²) in [5.74, 6) is 0.316. The van der Waals surface area contributed by atoms with E-state index in [-0.39, 0.29) is 6.61 Å². The summed E-state index contributed by atoms with van der Waals surface area (Å²) in [6, 6.07) is 5.21. The van der Waals surface area contributed by atoms with E-state index in [9.17, 15) is 4.79 Å². The molecule has 18 heavy (non-hydrogen) atoms. The van der Waals surface area contributed by atoms with Crippen LogP contribution in [0.2, 0.25) is 0 Å². The van der Waals surface area contributed by atoms with Gasteiger partial charge >= 0.3 is 6.09 Å². The van der Waals surface area contributed by atoms with Crippen molar-refractivity contribution >= 4 is 23.4 Å². The van der Waals surface area contributed by atoms with Crippen molar-refractivity contribution < 1.29 is 14.6 Å². The fraction of sp³-hybridized carbons (Fsp3) is 0.462. The Balaban J connectivity index is 2.80. The number of halogens is 1. The van der Waals surface area contributed by atoms with E-state index in [1.807, 2.05) is 0 Å². The highest BCUT2D eigenvalue weighted by atomic mass is 35.5. The number of ether oxygens (including phenoxy) is 1. The summed E-state index contributed by atoms with van der Waals surface area (Å²) < 4.78 is 5.14. The number of carbonyl (C=O) groups is 1. The summed E-state index contributed by atoms with van der Waals surface area (Å²) in [5.41, 5.74) is 1.54. The van der Waals surface area contributed by atoms with Gasteiger partial charge in [0.25, 0.3) is 0 Å². The van der Waals surface area contributed by atoms with Gasteiger partial charge in [-0.2, -0.15) is 0 Å². The van der Waals surface area contributed by atoms with Gasteiger partial charge in [-0.3, -0.25) is 5.32 Å². The fourth-order valence-electron chi connectivity index (χ4n) is 1.42. The van der Waals surface area contributed by atoms with Crippen LogP contribution in [0.15, 0.2) is 18.2 Å². The third-order valence-electron chi connectivity index (χ3n) is 2.03. The summed E-state index contributed by atoms with van der Waals surface area (Å²) in [6.07, 6.45) is -0.530. The Morgan fingerprint density at radius 2 is 1.94 bits per heavy atom. The van der Waals surface area contributed by atoms with Crippen LogP contribution in [-0.4, -0.2) is 16.8 Å². The molecule has 0 spiro atoms. The first-order valence-corrected chi connectivity index (χ1v) is 6.17. The number of anilines is 1. The lowest BCUT2D eigenvalue weighted by Gasteiger charge is -2.20. The molecule has 2 N–H and O–H groups in total. The molecule has 1 amide bonds. The third kappa shape index (κ3) is 4.94. The molecule has 0 aliphatic carbocycles. The van der Waals surface area contributed by atoms with E-state index in [1.165, 1.54) is 0 Å². The molecular formula is C13H18ClNO3. The number of carbonyl (C=O) groups excluding carboxylic acids is 1. The number of hydrogen-bond donors (Lipinski definition) is 2. The van der Waals surface area contributed by atoms with Gasteiger partial charge in [0.15, 0.2) is 0 Å². The third-order valence-corrected chi connectivity index (χ3v) is 2.34. The first kappa shape index (κ1) is 14.8. The van der Waals surface area contributed by atoms with Crippen LogP contribution in [0.1, 0.15) is 31.9 Å². The zero-order valence-electron chi connectivity index (χ0n) is 10.8. The number of benzene rings is 1. The van der Waals surface area contributed by atoms with Crippen molar-refractivity contribution in [2.75, 3.05) is 5.32 Å². The molecule has 0 aromatic heterocycles. The summed E-state index contributed by atoms with van der Waals surface area (Å²) in [4.78, 5) is 11.6. The molecule has 0 unspecified atom stereocenters. The van der Waals surface area contributed by atoms with Crippen LogP contribution in [-0.2, 0) is 17.2 Å². The van der Waals surface area contributed by atoms with Crippen LogP contribution in [0.3, 0.4) is 0 Å². The number of hydrogen-bond acceptors (Lipinski definition) is 3. The lowest BCUT2D eigenvalue weighted by atomic mass is 10.1. The molecule has 1 aromatic carbocycles. The van der Waals surface area contributed by atoms with Crippen LogP contribution >= 0.6 is 11.6 Å². The van der Waals surface area contributed by atoms with Crippen molar-refractivity contribution in [3.05, 3.63) is 29.3 Å². The van der Waals surface area contributed by atoms with Gasteiger partial charge in [0, 0.05) is 11.6 Å². The molecular weight excluding hydrogens is 254 g/mol. The first-order valence-electron chi connectivity index (χ1n) is 5.64. The zero-order chi connectivity index (χ0) is 13.8. The highest BCUT2D eigenvalue weighted by Gasteiger charge is 2.16. The first-order chi connectivity index (χ1) is 8.34. The van der Waals surface area contributed by atoms with Gasteiger partial charge in [-0.15, -0.1) is 11.6 Å². The molecule has 4 nitrogen and oxygen atoms in total. The topological polar surface area (TPSA) is 58.6 Å².